The van der Waals surface area contributed by atoms with Crippen LogP contribution < -0.4 is 0 Å². The predicted octanol–water partition coefficient (Wildman–Crippen LogP) is 4.41. The van der Waals surface area contributed by atoms with Gasteiger partial charge in [0.05, 0.1) is 16.8 Å². The van der Waals surface area contributed by atoms with Gasteiger partial charge < -0.3 is 0 Å². The highest BCUT2D eigenvalue weighted by Crippen LogP contribution is 2.43. The average molecular weight is 628 g/mol. The summed E-state index contributed by atoms with van der Waals surface area (Å²) in [7, 11) is 0. The molecule has 35 heavy (non-hydrogen) atoms. The van der Waals surface area contributed by atoms with Gasteiger partial charge >= 0.3 is 0 Å². The van der Waals surface area contributed by atoms with E-state index >= 15 is 0 Å². The molecule has 2 fully saturated rings. The number of carbonyl (C=O) groups excluding carboxylic acids is 4. The molecule has 0 unspecified atom stereocenters. The Morgan fingerprint density at radius 1 is 1.00 bits per heavy atom. The molecule has 1 saturated heterocycles. The lowest BCUT2D eigenvalue weighted by Crippen LogP contribution is -2.52. The van der Waals surface area contributed by atoms with Gasteiger partial charge in [-0.3, -0.25) is 29.3 Å². The van der Waals surface area contributed by atoms with Crippen molar-refractivity contribution in [1.29, 1.82) is 0 Å². The van der Waals surface area contributed by atoms with E-state index in [4.69, 9.17) is 11.6 Å². The maximum Gasteiger partial charge on any atom is 0.282 e. The van der Waals surface area contributed by atoms with Gasteiger partial charge in [-0.2, -0.15) is 5.01 Å². The van der Waals surface area contributed by atoms with Crippen LogP contribution in [0.15, 0.2) is 48.5 Å². The van der Waals surface area contributed by atoms with E-state index in [0.29, 0.717) is 22.9 Å². The second-order valence-corrected chi connectivity index (χ2v) is 11.1. The summed E-state index contributed by atoms with van der Waals surface area (Å²) in [4.78, 5) is 64.1. The van der Waals surface area contributed by atoms with Crippen LogP contribution >= 0.6 is 43.5 Å². The van der Waals surface area contributed by atoms with E-state index in [9.17, 15) is 29.3 Å². The van der Waals surface area contributed by atoms with E-state index in [1.54, 1.807) is 0 Å². The number of benzene rings is 2. The van der Waals surface area contributed by atoms with E-state index in [1.165, 1.54) is 42.5 Å². The van der Waals surface area contributed by atoms with Crippen molar-refractivity contribution in [2.24, 2.45) is 11.8 Å². The highest BCUT2D eigenvalue weighted by Gasteiger charge is 2.55. The fourth-order valence-corrected chi connectivity index (χ4v) is 5.73. The largest absolute Gasteiger partial charge is 0.292 e. The third-order valence-electron chi connectivity index (χ3n) is 6.15. The molecule has 182 valence electrons. The molecule has 9 nitrogen and oxygen atoms in total. The van der Waals surface area contributed by atoms with Crippen LogP contribution in [0.2, 0.25) is 5.02 Å². The van der Waals surface area contributed by atoms with Crippen molar-refractivity contribution >= 4 is 72.7 Å². The molecule has 2 aromatic rings. The van der Waals surface area contributed by atoms with Crippen molar-refractivity contribution in [1.82, 2.24) is 10.0 Å². The first-order valence-corrected chi connectivity index (χ1v) is 12.8. The number of hydrogen-bond acceptors (Lipinski definition) is 6. The topological polar surface area (TPSA) is 118 Å². The van der Waals surface area contributed by atoms with Crippen molar-refractivity contribution in [3.63, 3.8) is 0 Å². The van der Waals surface area contributed by atoms with Crippen LogP contribution in [0.1, 0.15) is 33.6 Å². The Morgan fingerprint density at radius 2 is 1.54 bits per heavy atom. The highest BCUT2D eigenvalue weighted by atomic mass is 79.9. The first kappa shape index (κ1) is 25.5. The lowest BCUT2D eigenvalue weighted by molar-refractivity contribution is -0.385. The van der Waals surface area contributed by atoms with E-state index in [2.05, 4.69) is 31.9 Å². The van der Waals surface area contributed by atoms with E-state index in [1.807, 2.05) is 0 Å². The standard InChI is InChI=1S/C23H18Br2ClN3O6/c24-17-9-15-16(10-18(17)25)23(33)28(22(15)32)27(11-20(30)12-5-7-13(26)8-6-12)21(31)14-3-1-2-4-19(14)29(34)35/h1-8,15-18H,9-11H2/t15-,16+,17-,18-/m0/s1. The lowest BCUT2D eigenvalue weighted by atomic mass is 9.81. The number of fused-ring (bicyclic) bond motifs is 1. The van der Waals surface area contributed by atoms with E-state index in [-0.39, 0.29) is 20.8 Å². The molecule has 12 heteroatoms. The van der Waals surface area contributed by atoms with Gasteiger partial charge in [-0.1, -0.05) is 55.6 Å². The molecule has 2 aliphatic rings. The van der Waals surface area contributed by atoms with Crippen molar-refractivity contribution < 1.29 is 24.1 Å². The molecule has 1 saturated carbocycles. The zero-order valence-electron chi connectivity index (χ0n) is 18.0. The number of nitrogens with zero attached hydrogens (tertiary/aromatic N) is 3. The van der Waals surface area contributed by atoms with Crippen molar-refractivity contribution in [2.75, 3.05) is 6.54 Å². The molecule has 0 bridgehead atoms. The Kier molecular flexibility index (Phi) is 7.39. The van der Waals surface area contributed by atoms with Gasteiger partial charge in [0.1, 0.15) is 12.1 Å². The van der Waals surface area contributed by atoms with Crippen LogP contribution in [0.5, 0.6) is 0 Å². The highest BCUT2D eigenvalue weighted by molar-refractivity contribution is 9.12. The number of halogens is 3. The van der Waals surface area contributed by atoms with Gasteiger partial charge in [-0.15, -0.1) is 0 Å². The first-order chi connectivity index (χ1) is 16.6. The van der Waals surface area contributed by atoms with Gasteiger partial charge in [-0.25, -0.2) is 5.01 Å². The number of Topliss-reactive ketones (excluding diaryl/α,β-unsaturated/α-hetero) is 1. The minimum Gasteiger partial charge on any atom is -0.292 e. The number of ketones is 1. The molecule has 0 spiro atoms. The van der Waals surface area contributed by atoms with Crippen LogP contribution in [0.25, 0.3) is 0 Å². The number of nitro groups is 1. The summed E-state index contributed by atoms with van der Waals surface area (Å²) >= 11 is 12.9. The summed E-state index contributed by atoms with van der Waals surface area (Å²) in [5.74, 6) is -4.13. The summed E-state index contributed by atoms with van der Waals surface area (Å²) in [5.41, 5.74) is -0.639. The second-order valence-electron chi connectivity index (χ2n) is 8.27. The van der Waals surface area contributed by atoms with Crippen LogP contribution in [0.4, 0.5) is 5.69 Å². The molecule has 2 aromatic carbocycles. The summed E-state index contributed by atoms with van der Waals surface area (Å²) in [6.45, 7) is -0.668. The molecule has 4 atom stereocenters. The van der Waals surface area contributed by atoms with Gasteiger partial charge in [0.25, 0.3) is 23.4 Å². The minimum absolute atomic E-state index is 0.0597. The number of rotatable bonds is 6. The summed E-state index contributed by atoms with van der Waals surface area (Å²) in [6.07, 6.45) is 0.723. The maximum atomic E-state index is 13.6. The minimum atomic E-state index is -0.995. The Labute approximate surface area is 221 Å². The molecule has 1 aliphatic carbocycles. The molecule has 3 amide bonds. The number of nitro benzene ring substituents is 1. The maximum absolute atomic E-state index is 13.6. The fourth-order valence-electron chi connectivity index (χ4n) is 4.36. The normalized spacial score (nSPS) is 23.7. The second kappa shape index (κ2) is 10.2. The monoisotopic (exact) mass is 625 g/mol. The summed E-state index contributed by atoms with van der Waals surface area (Å²) in [5, 5.41) is 13.4. The predicted molar refractivity (Wildman–Crippen MR) is 133 cm³/mol. The Balaban J connectivity index is 1.74. The Hall–Kier alpha value is -2.63. The number of amides is 3. The van der Waals surface area contributed by atoms with Crippen LogP contribution in [0, 0.1) is 22.0 Å². The number of para-hydroxylation sites is 1. The molecular weight excluding hydrogens is 610 g/mol. The molecule has 0 aromatic heterocycles. The fraction of sp³-hybridized carbons (Fsp3) is 0.304. The van der Waals surface area contributed by atoms with Crippen LogP contribution in [0.3, 0.4) is 0 Å². The zero-order valence-corrected chi connectivity index (χ0v) is 21.9. The zero-order chi connectivity index (χ0) is 25.4. The third kappa shape index (κ3) is 4.89. The molecule has 4 rings (SSSR count). The van der Waals surface area contributed by atoms with Crippen molar-refractivity contribution in [2.45, 2.75) is 22.5 Å². The smallest absolute Gasteiger partial charge is 0.282 e. The quantitative estimate of drug-likeness (QED) is 0.154. The van der Waals surface area contributed by atoms with Gasteiger partial charge in [-0.05, 0) is 43.2 Å². The number of imide groups is 1. The van der Waals surface area contributed by atoms with Gasteiger partial charge in [0, 0.05) is 26.3 Å². The number of hydrogen-bond donors (Lipinski definition) is 0. The van der Waals surface area contributed by atoms with Crippen molar-refractivity contribution in [3.8, 4) is 0 Å². The third-order valence-corrected chi connectivity index (χ3v) is 9.14. The van der Waals surface area contributed by atoms with Gasteiger partial charge in [0.2, 0.25) is 0 Å². The van der Waals surface area contributed by atoms with Crippen LogP contribution in [-0.4, -0.2) is 54.6 Å². The van der Waals surface area contributed by atoms with Crippen molar-refractivity contribution in [3.05, 3.63) is 74.8 Å². The molecule has 0 radical (unpaired) electrons. The molecule has 1 heterocycles. The van der Waals surface area contributed by atoms with E-state index < -0.39 is 52.5 Å². The Bertz CT molecular complexity index is 1200. The molecule has 1 aliphatic heterocycles. The summed E-state index contributed by atoms with van der Waals surface area (Å²) in [6, 6.07) is 11.1. The Morgan fingerprint density at radius 3 is 2.09 bits per heavy atom. The number of carbonyl (C=O) groups is 4. The first-order valence-electron chi connectivity index (χ1n) is 10.6. The molecule has 0 N–H and O–H groups in total. The average Bonchev–Trinajstić information content (AvgIpc) is 3.06. The SMILES string of the molecule is O=C(CN(C(=O)c1ccccc1[N+](=O)[O-])N1C(=O)[C@H]2C[C@H](Br)[C@@H](Br)C[C@H]2C1=O)c1ccc(Cl)cc1. The lowest BCUT2D eigenvalue weighted by Gasteiger charge is -2.30. The number of alkyl halides is 2. The molecular formula is C23H18Br2ClN3O6. The van der Waals surface area contributed by atoms with Gasteiger partial charge in [0.15, 0.2) is 5.78 Å². The van der Waals surface area contributed by atoms with Crippen LogP contribution in [-0.2, 0) is 9.59 Å². The van der Waals surface area contributed by atoms with E-state index in [0.717, 1.165) is 11.1 Å². The number of hydrazine groups is 1. The summed E-state index contributed by atoms with van der Waals surface area (Å²) < 4.78 is 0.